The average molecular weight is 578 g/mol. The van der Waals surface area contributed by atoms with Gasteiger partial charge in [-0.05, 0) is 75.0 Å². The number of likely N-dealkylation sites (tertiary alicyclic amines) is 1. The van der Waals surface area contributed by atoms with Crippen LogP contribution in [0.5, 0.6) is 11.5 Å². The highest BCUT2D eigenvalue weighted by atomic mass is 127. The van der Waals surface area contributed by atoms with E-state index in [0.29, 0.717) is 6.04 Å². The summed E-state index contributed by atoms with van der Waals surface area (Å²) in [6.07, 6.45) is 3.69. The fourth-order valence-corrected chi connectivity index (χ4v) is 5.50. The van der Waals surface area contributed by atoms with Crippen molar-refractivity contribution >= 4 is 22.9 Å². The van der Waals surface area contributed by atoms with Crippen LogP contribution in [-0.2, 0) is 6.42 Å². The summed E-state index contributed by atoms with van der Waals surface area (Å²) >= 11 is 2.47. The number of hydrogen-bond acceptors (Lipinski definition) is 5. The molecule has 4 rings (SSSR count). The van der Waals surface area contributed by atoms with Crippen molar-refractivity contribution in [2.75, 3.05) is 59.0 Å². The van der Waals surface area contributed by atoms with Gasteiger partial charge in [0.05, 0.1) is 0 Å². The number of halogens is 1. The summed E-state index contributed by atoms with van der Waals surface area (Å²) in [6, 6.07) is 17.6. The van der Waals surface area contributed by atoms with Gasteiger partial charge in [-0.25, -0.2) is 3.11 Å². The first kappa shape index (κ1) is 25.7. The van der Waals surface area contributed by atoms with Crippen LogP contribution >= 0.6 is 22.9 Å². The summed E-state index contributed by atoms with van der Waals surface area (Å²) in [7, 11) is 0. The highest BCUT2D eigenvalue weighted by Gasteiger charge is 2.26. The van der Waals surface area contributed by atoms with Crippen molar-refractivity contribution < 1.29 is 9.47 Å². The third-order valence-electron chi connectivity index (χ3n) is 7.17. The lowest BCUT2D eigenvalue weighted by Gasteiger charge is -2.39. The molecule has 0 spiro atoms. The Kier molecular flexibility index (Phi) is 9.91. The first-order chi connectivity index (χ1) is 16.5. The smallest absolute Gasteiger partial charge is 0.119 e. The number of hydrogen-bond donors (Lipinski definition) is 0. The lowest BCUT2D eigenvalue weighted by Crippen LogP contribution is -2.52. The first-order valence-corrected chi connectivity index (χ1v) is 13.8. The second kappa shape index (κ2) is 13.1. The molecule has 34 heavy (non-hydrogen) atoms. The van der Waals surface area contributed by atoms with Gasteiger partial charge in [-0.15, -0.1) is 0 Å². The summed E-state index contributed by atoms with van der Waals surface area (Å²) in [5, 5.41) is 0. The quantitative estimate of drug-likeness (QED) is 0.291. The summed E-state index contributed by atoms with van der Waals surface area (Å²) < 4.78 is 14.5. The van der Waals surface area contributed by atoms with Crippen LogP contribution in [0, 0.1) is 12.8 Å². The molecule has 2 fully saturated rings. The van der Waals surface area contributed by atoms with Gasteiger partial charge in [-0.1, -0.05) is 36.8 Å². The zero-order chi connectivity index (χ0) is 23.8. The Balaban J connectivity index is 1.22. The van der Waals surface area contributed by atoms with E-state index in [1.165, 1.54) is 37.1 Å². The van der Waals surface area contributed by atoms with Gasteiger partial charge >= 0.3 is 0 Å². The van der Waals surface area contributed by atoms with Crippen LogP contribution in [0.3, 0.4) is 0 Å². The van der Waals surface area contributed by atoms with Crippen molar-refractivity contribution in [3.8, 4) is 11.5 Å². The molecule has 0 saturated carbocycles. The zero-order valence-corrected chi connectivity index (χ0v) is 23.0. The van der Waals surface area contributed by atoms with Crippen LogP contribution in [0.25, 0.3) is 0 Å². The molecule has 2 aliphatic heterocycles. The molecule has 2 aliphatic rings. The van der Waals surface area contributed by atoms with Crippen LogP contribution in [0.4, 0.5) is 0 Å². The van der Waals surface area contributed by atoms with E-state index in [0.717, 1.165) is 69.8 Å². The number of benzene rings is 2. The molecule has 5 nitrogen and oxygen atoms in total. The molecule has 2 aromatic rings. The van der Waals surface area contributed by atoms with Crippen LogP contribution in [-0.4, -0.2) is 78.0 Å². The van der Waals surface area contributed by atoms with Crippen molar-refractivity contribution in [1.82, 2.24) is 12.9 Å². The Morgan fingerprint density at radius 1 is 0.824 bits per heavy atom. The van der Waals surface area contributed by atoms with E-state index in [1.54, 1.807) is 0 Å². The molecular weight excluding hydrogens is 537 g/mol. The molecular formula is C28H40IN3O2. The van der Waals surface area contributed by atoms with Crippen molar-refractivity contribution in [3.63, 3.8) is 0 Å². The van der Waals surface area contributed by atoms with E-state index >= 15 is 0 Å². The van der Waals surface area contributed by atoms with Gasteiger partial charge in [0.25, 0.3) is 0 Å². The maximum absolute atomic E-state index is 6.04. The highest BCUT2D eigenvalue weighted by Crippen LogP contribution is 2.20. The number of ether oxygens (including phenoxy) is 2. The molecule has 186 valence electrons. The van der Waals surface area contributed by atoms with E-state index in [9.17, 15) is 0 Å². The number of piperazine rings is 1. The SMILES string of the molecule is Cc1ccc(OCCN2CCN(I)CC2Cc2ccc(OCCN3CCC(C)CC3)cc2)cc1. The third kappa shape index (κ3) is 8.11. The molecule has 2 heterocycles. The molecule has 0 aromatic heterocycles. The summed E-state index contributed by atoms with van der Waals surface area (Å²) in [5.41, 5.74) is 2.64. The molecule has 1 unspecified atom stereocenters. The summed E-state index contributed by atoms with van der Waals surface area (Å²) in [4.78, 5) is 5.12. The third-order valence-corrected chi connectivity index (χ3v) is 8.05. The van der Waals surface area contributed by atoms with Crippen molar-refractivity contribution in [1.29, 1.82) is 0 Å². The molecule has 1 atom stereocenters. The Labute approximate surface area is 219 Å². The minimum absolute atomic E-state index is 0.500. The second-order valence-corrected chi connectivity index (χ2v) is 11.3. The van der Waals surface area contributed by atoms with Gasteiger partial charge in [0.15, 0.2) is 0 Å². The largest absolute Gasteiger partial charge is 0.492 e. The normalized spacial score (nSPS) is 21.0. The fraction of sp³-hybridized carbons (Fsp3) is 0.571. The van der Waals surface area contributed by atoms with E-state index in [2.05, 4.69) is 98.2 Å². The van der Waals surface area contributed by atoms with Gasteiger partial charge in [-0.3, -0.25) is 9.80 Å². The van der Waals surface area contributed by atoms with Crippen molar-refractivity contribution in [2.45, 2.75) is 39.2 Å². The predicted molar refractivity (Wildman–Crippen MR) is 148 cm³/mol. The summed E-state index contributed by atoms with van der Waals surface area (Å²) in [5.74, 6) is 2.82. The van der Waals surface area contributed by atoms with Gasteiger partial charge in [0, 0.05) is 61.6 Å². The van der Waals surface area contributed by atoms with E-state index in [-0.39, 0.29) is 0 Å². The fourth-order valence-electron chi connectivity index (χ4n) is 4.83. The topological polar surface area (TPSA) is 28.2 Å². The zero-order valence-electron chi connectivity index (χ0n) is 20.8. The Bertz CT molecular complexity index is 853. The maximum atomic E-state index is 6.04. The molecule has 0 radical (unpaired) electrons. The second-order valence-electron chi connectivity index (χ2n) is 9.94. The molecule has 0 amide bonds. The summed E-state index contributed by atoms with van der Waals surface area (Å²) in [6.45, 7) is 13.6. The van der Waals surface area contributed by atoms with E-state index in [4.69, 9.17) is 9.47 Å². The Hall–Kier alpha value is -1.35. The first-order valence-electron chi connectivity index (χ1n) is 12.8. The molecule has 0 bridgehead atoms. The molecule has 2 saturated heterocycles. The Morgan fingerprint density at radius 3 is 2.12 bits per heavy atom. The standard InChI is InChI=1S/C28H40IN3O2/c1-23-3-7-27(8-4-23)34-20-18-31-15-16-32(29)22-26(31)21-25-5-9-28(10-6-25)33-19-17-30-13-11-24(2)12-14-30/h3-10,24,26H,11-22H2,1-2H3. The van der Waals surface area contributed by atoms with Crippen LogP contribution in [0.2, 0.25) is 0 Å². The number of nitrogens with zero attached hydrogens (tertiary/aromatic N) is 3. The van der Waals surface area contributed by atoms with Gasteiger partial charge in [-0.2, -0.15) is 0 Å². The molecule has 0 aliphatic carbocycles. The van der Waals surface area contributed by atoms with Gasteiger partial charge in [0.2, 0.25) is 0 Å². The van der Waals surface area contributed by atoms with Gasteiger partial charge in [0.1, 0.15) is 24.7 Å². The highest BCUT2D eigenvalue weighted by molar-refractivity contribution is 14.1. The maximum Gasteiger partial charge on any atom is 0.119 e. The lowest BCUT2D eigenvalue weighted by molar-refractivity contribution is 0.110. The lowest BCUT2D eigenvalue weighted by atomic mass is 9.99. The van der Waals surface area contributed by atoms with Crippen molar-refractivity contribution in [2.24, 2.45) is 5.92 Å². The number of aryl methyl sites for hydroxylation is 1. The Morgan fingerprint density at radius 2 is 1.44 bits per heavy atom. The van der Waals surface area contributed by atoms with Crippen LogP contribution in [0.1, 0.15) is 30.9 Å². The van der Waals surface area contributed by atoms with Crippen LogP contribution < -0.4 is 9.47 Å². The predicted octanol–water partition coefficient (Wildman–Crippen LogP) is 5.06. The van der Waals surface area contributed by atoms with Crippen LogP contribution in [0.15, 0.2) is 48.5 Å². The number of rotatable bonds is 10. The molecule has 6 heteroatoms. The van der Waals surface area contributed by atoms with E-state index < -0.39 is 0 Å². The van der Waals surface area contributed by atoms with Gasteiger partial charge < -0.3 is 9.47 Å². The van der Waals surface area contributed by atoms with E-state index in [1.807, 2.05) is 0 Å². The minimum Gasteiger partial charge on any atom is -0.492 e. The number of piperidine rings is 1. The molecule has 0 N–H and O–H groups in total. The molecule has 2 aromatic carbocycles. The van der Waals surface area contributed by atoms with Crippen molar-refractivity contribution in [3.05, 3.63) is 59.7 Å². The minimum atomic E-state index is 0.500. The monoisotopic (exact) mass is 577 g/mol. The average Bonchev–Trinajstić information content (AvgIpc) is 2.84.